The van der Waals surface area contributed by atoms with Crippen molar-refractivity contribution in [3.05, 3.63) is 168 Å². The summed E-state index contributed by atoms with van der Waals surface area (Å²) in [7, 11) is -1.59. The molecule has 8 aromatic rings. The molecule has 0 aliphatic carbocycles. The maximum absolute atomic E-state index is 14.3. The topological polar surface area (TPSA) is 322 Å². The molecular weight excluding hydrogens is 1060 g/mol. The number of carbonyl (C=O) groups excluding carboxylic acids is 4. The first kappa shape index (κ1) is 57.5. The van der Waals surface area contributed by atoms with Crippen LogP contribution in [0.3, 0.4) is 0 Å². The predicted molar refractivity (Wildman–Crippen MR) is 300 cm³/mol. The maximum Gasteiger partial charge on any atom is 0.259 e. The SMILES string of the molecule is COc1ccc(C(=O)N(CCO)CCO)cc1N=Nc1c(O)c(C(=O)Nc2cccc(S(=O)(=O)c3cccc(NC(=O)c4cc5ccccc5c(N=Nc5cc(C(=O)N(CCO)CCO)ccc5OC)c4O)c3)c2)cc2ccccc12. The zero-order chi connectivity index (χ0) is 57.8. The number of aromatic hydroxyl groups is 2. The monoisotopic (exact) mass is 1120 g/mol. The summed E-state index contributed by atoms with van der Waals surface area (Å²) in [5, 5.41) is 85.6. The number of aliphatic hydroxyl groups is 4. The molecule has 8 rings (SSSR count). The van der Waals surface area contributed by atoms with Gasteiger partial charge in [-0.1, -0.05) is 60.7 Å². The van der Waals surface area contributed by atoms with Crippen LogP contribution >= 0.6 is 0 Å². The molecule has 0 radical (unpaired) electrons. The van der Waals surface area contributed by atoms with Gasteiger partial charge in [0.2, 0.25) is 9.84 Å². The first-order valence-electron chi connectivity index (χ1n) is 24.9. The summed E-state index contributed by atoms with van der Waals surface area (Å²) in [5.74, 6) is -3.38. The van der Waals surface area contributed by atoms with E-state index in [0.29, 0.717) is 21.5 Å². The highest BCUT2D eigenvalue weighted by Crippen LogP contribution is 2.43. The minimum atomic E-state index is -4.36. The van der Waals surface area contributed by atoms with Crippen molar-refractivity contribution in [2.45, 2.75) is 9.79 Å². The maximum atomic E-state index is 14.3. The Labute approximate surface area is 463 Å². The molecule has 0 bridgehead atoms. The second-order valence-corrected chi connectivity index (χ2v) is 19.8. The van der Waals surface area contributed by atoms with Crippen molar-refractivity contribution in [2.75, 3.05) is 77.5 Å². The van der Waals surface area contributed by atoms with Crippen molar-refractivity contribution in [3.63, 3.8) is 0 Å². The number of benzene rings is 8. The average Bonchev–Trinajstić information content (AvgIpc) is 3.68. The second kappa shape index (κ2) is 25.9. The number of phenolic OH excluding ortho intramolecular Hbond substituents is 2. The Morgan fingerprint density at radius 2 is 0.864 bits per heavy atom. The van der Waals surface area contributed by atoms with E-state index in [9.17, 15) is 58.2 Å². The van der Waals surface area contributed by atoms with Crippen LogP contribution in [0.1, 0.15) is 41.4 Å². The smallest absolute Gasteiger partial charge is 0.259 e. The van der Waals surface area contributed by atoms with Crippen LogP contribution in [0.2, 0.25) is 0 Å². The van der Waals surface area contributed by atoms with Gasteiger partial charge in [0.25, 0.3) is 23.6 Å². The molecule has 4 amide bonds. The van der Waals surface area contributed by atoms with Crippen molar-refractivity contribution in [2.24, 2.45) is 20.5 Å². The summed E-state index contributed by atoms with van der Waals surface area (Å²) in [5.41, 5.74) is -0.171. The zero-order valence-electron chi connectivity index (χ0n) is 43.6. The normalized spacial score (nSPS) is 11.5. The van der Waals surface area contributed by atoms with E-state index >= 15 is 0 Å². The Morgan fingerprint density at radius 3 is 1.23 bits per heavy atom. The van der Waals surface area contributed by atoms with E-state index in [1.807, 2.05) is 0 Å². The van der Waals surface area contributed by atoms with Crippen molar-refractivity contribution < 1.29 is 67.7 Å². The van der Waals surface area contributed by atoms with Gasteiger partial charge in [0.05, 0.1) is 61.6 Å². The van der Waals surface area contributed by atoms with Crippen LogP contribution in [0.15, 0.2) is 176 Å². The summed E-state index contributed by atoms with van der Waals surface area (Å²) in [4.78, 5) is 56.7. The van der Waals surface area contributed by atoms with E-state index in [1.54, 1.807) is 48.5 Å². The van der Waals surface area contributed by atoms with Gasteiger partial charge in [-0.25, -0.2) is 8.42 Å². The van der Waals surface area contributed by atoms with E-state index in [0.717, 1.165) is 0 Å². The Morgan fingerprint density at radius 1 is 0.481 bits per heavy atom. The number of anilines is 2. The number of amides is 4. The number of hydrogen-bond acceptors (Lipinski definition) is 18. The summed E-state index contributed by atoms with van der Waals surface area (Å²) < 4.78 is 39.4. The average molecular weight is 1120 g/mol. The van der Waals surface area contributed by atoms with Gasteiger partial charge in [0.15, 0.2) is 11.5 Å². The Bertz CT molecular complexity index is 3620. The predicted octanol–water partition coefficient (Wildman–Crippen LogP) is 8.44. The van der Waals surface area contributed by atoms with Gasteiger partial charge in [-0.3, -0.25) is 19.2 Å². The first-order valence-corrected chi connectivity index (χ1v) is 26.4. The highest BCUT2D eigenvalue weighted by Gasteiger charge is 2.25. The number of carbonyl (C=O) groups is 4. The van der Waals surface area contributed by atoms with Crippen molar-refractivity contribution in [3.8, 4) is 23.0 Å². The minimum absolute atomic E-state index is 0.0291. The lowest BCUT2D eigenvalue weighted by Gasteiger charge is -2.21. The number of nitrogens with zero attached hydrogens (tertiary/aromatic N) is 6. The highest BCUT2D eigenvalue weighted by molar-refractivity contribution is 7.91. The molecular formula is C58H54N8O14S. The first-order chi connectivity index (χ1) is 39.1. The van der Waals surface area contributed by atoms with Gasteiger partial charge in [0, 0.05) is 59.5 Å². The zero-order valence-corrected chi connectivity index (χ0v) is 44.4. The fourth-order valence-electron chi connectivity index (χ4n) is 8.69. The van der Waals surface area contributed by atoms with E-state index < -0.39 is 45.0 Å². The summed E-state index contributed by atoms with van der Waals surface area (Å²) in [6.07, 6.45) is 0. The number of ether oxygens (including phenoxy) is 2. The number of nitrogens with one attached hydrogen (secondary N) is 2. The second-order valence-electron chi connectivity index (χ2n) is 17.8. The number of aliphatic hydroxyl groups excluding tert-OH is 4. The lowest BCUT2D eigenvalue weighted by Crippen LogP contribution is -2.35. The third kappa shape index (κ3) is 12.8. The number of fused-ring (bicyclic) bond motifs is 2. The highest BCUT2D eigenvalue weighted by atomic mass is 32.2. The number of hydrogen-bond donors (Lipinski definition) is 8. The third-order valence-electron chi connectivity index (χ3n) is 12.7. The molecule has 81 heavy (non-hydrogen) atoms. The minimum Gasteiger partial charge on any atom is -0.505 e. The number of methoxy groups -OCH3 is 2. The van der Waals surface area contributed by atoms with Gasteiger partial charge in [0.1, 0.15) is 34.2 Å². The molecule has 8 N–H and O–H groups in total. The lowest BCUT2D eigenvalue weighted by molar-refractivity contribution is 0.0680. The lowest BCUT2D eigenvalue weighted by atomic mass is 10.0. The van der Waals surface area contributed by atoms with Crippen molar-refractivity contribution in [1.29, 1.82) is 0 Å². The van der Waals surface area contributed by atoms with Crippen LogP contribution in [0.25, 0.3) is 21.5 Å². The number of phenols is 2. The third-order valence-corrected chi connectivity index (χ3v) is 14.5. The molecule has 23 heteroatoms. The molecule has 8 aromatic carbocycles. The van der Waals surface area contributed by atoms with E-state index in [-0.39, 0.29) is 130 Å². The van der Waals surface area contributed by atoms with Crippen LogP contribution in [0.4, 0.5) is 34.1 Å². The fraction of sp³-hybridized carbons (Fsp3) is 0.172. The number of azo groups is 2. The van der Waals surface area contributed by atoms with Gasteiger partial charge < -0.3 is 60.5 Å². The summed E-state index contributed by atoms with van der Waals surface area (Å²) in [6, 6.07) is 35.8. The molecule has 0 heterocycles. The quantitative estimate of drug-likeness (QED) is 0.0295. The van der Waals surface area contributed by atoms with Crippen molar-refractivity contribution >= 4 is 89.1 Å². The molecule has 22 nitrogen and oxygen atoms in total. The Balaban J connectivity index is 1.03. The fourth-order valence-corrected chi connectivity index (χ4v) is 10.0. The Hall–Kier alpha value is -9.65. The van der Waals surface area contributed by atoms with E-state index in [1.165, 1.54) is 121 Å². The Kier molecular flexibility index (Phi) is 18.4. The van der Waals surface area contributed by atoms with E-state index in [2.05, 4.69) is 31.1 Å². The molecule has 0 fully saturated rings. The molecule has 0 saturated heterocycles. The molecule has 416 valence electrons. The molecule has 0 aromatic heterocycles. The molecule has 0 spiro atoms. The summed E-state index contributed by atoms with van der Waals surface area (Å²) in [6.45, 7) is -1.45. The summed E-state index contributed by atoms with van der Waals surface area (Å²) >= 11 is 0. The van der Waals surface area contributed by atoms with Crippen LogP contribution in [0.5, 0.6) is 23.0 Å². The number of sulfone groups is 1. The standard InChI is InChI=1S/C58H54N8O14S/c1-79-49-19-17-37(57(75)65(21-25-67)22-26-68)31-47(49)61-63-51-43-15-5-3-9-35(43)29-45(53(51)71)55(73)59-39-11-7-13-41(33-39)81(77,78)42-14-8-12-40(34-42)60-56(74)46-30-36-10-4-6-16-44(36)52(54(46)72)64-62-48-32-38(18-20-50(48)80-2)58(76)66(23-27-69)24-28-70/h3-20,29-34,67-72H,21-28H2,1-2H3,(H,59,73)(H,60,74). The molecule has 0 aliphatic heterocycles. The largest absolute Gasteiger partial charge is 0.505 e. The van der Waals surface area contributed by atoms with Crippen LogP contribution < -0.4 is 20.1 Å². The van der Waals surface area contributed by atoms with Crippen molar-refractivity contribution in [1.82, 2.24) is 9.80 Å². The van der Waals surface area contributed by atoms with Crippen LogP contribution in [0, 0.1) is 0 Å². The number of rotatable bonds is 22. The molecule has 0 aliphatic rings. The molecule has 0 atom stereocenters. The van der Waals surface area contributed by atoms with E-state index in [4.69, 9.17) is 9.47 Å². The molecule has 0 saturated carbocycles. The van der Waals surface area contributed by atoms with Gasteiger partial charge in [-0.15, -0.1) is 20.5 Å². The van der Waals surface area contributed by atoms with Gasteiger partial charge in [-0.05, 0) is 95.7 Å². The van der Waals surface area contributed by atoms with Crippen LogP contribution in [-0.4, -0.2) is 139 Å². The van der Waals surface area contributed by atoms with Crippen LogP contribution in [-0.2, 0) is 9.84 Å². The van der Waals surface area contributed by atoms with Gasteiger partial charge in [-0.2, -0.15) is 0 Å². The van der Waals surface area contributed by atoms with Gasteiger partial charge >= 0.3 is 0 Å². The molecule has 0 unspecified atom stereocenters.